The van der Waals surface area contributed by atoms with E-state index in [9.17, 15) is 9.18 Å². The van der Waals surface area contributed by atoms with Crippen molar-refractivity contribution in [3.63, 3.8) is 0 Å². The van der Waals surface area contributed by atoms with E-state index in [0.717, 1.165) is 5.56 Å². The summed E-state index contributed by atoms with van der Waals surface area (Å²) in [5, 5.41) is 18.0. The van der Waals surface area contributed by atoms with Crippen LogP contribution in [-0.4, -0.2) is 23.3 Å². The van der Waals surface area contributed by atoms with Gasteiger partial charge in [0.1, 0.15) is 5.83 Å². The van der Waals surface area contributed by atoms with Crippen LogP contribution in [0.3, 0.4) is 0 Å². The Hall–Kier alpha value is -4.14. The fourth-order valence-corrected chi connectivity index (χ4v) is 3.78. The summed E-state index contributed by atoms with van der Waals surface area (Å²) in [5.74, 6) is 4.55. The SMILES string of the molecule is C=C(F)/C=C(\C(=C)C)C1(C(=O)Nc2ccc(-c3ccc(OCC)nc3)c(C(=N)N=NN)c2)CC1. The smallest absolute Gasteiger partial charge is 0.235 e. The zero-order chi connectivity index (χ0) is 24.9. The number of anilines is 1. The molecule has 0 spiro atoms. The number of hydrogen-bond acceptors (Lipinski definition) is 5. The van der Waals surface area contributed by atoms with Crippen molar-refractivity contribution in [2.45, 2.75) is 26.7 Å². The van der Waals surface area contributed by atoms with Gasteiger partial charge in [-0.2, -0.15) is 0 Å². The molecule has 1 fully saturated rings. The number of hydrogen-bond donors (Lipinski definition) is 3. The van der Waals surface area contributed by atoms with Gasteiger partial charge in [0.05, 0.1) is 12.0 Å². The number of amides is 1. The fraction of sp³-hybridized carbons (Fsp3) is 0.240. The number of carbonyl (C=O) groups excluding carboxylic acids is 1. The van der Waals surface area contributed by atoms with E-state index < -0.39 is 11.2 Å². The lowest BCUT2D eigenvalue weighted by atomic mass is 9.89. The molecule has 9 heteroatoms. The maximum absolute atomic E-state index is 13.5. The minimum Gasteiger partial charge on any atom is -0.478 e. The van der Waals surface area contributed by atoms with Crippen LogP contribution in [0.5, 0.6) is 5.88 Å². The van der Waals surface area contributed by atoms with Gasteiger partial charge in [0.15, 0.2) is 5.84 Å². The molecular weight excluding hydrogens is 435 g/mol. The highest BCUT2D eigenvalue weighted by Gasteiger charge is 2.53. The molecule has 3 rings (SSSR count). The van der Waals surface area contributed by atoms with E-state index in [-0.39, 0.29) is 11.7 Å². The predicted octanol–water partition coefficient (Wildman–Crippen LogP) is 5.50. The van der Waals surface area contributed by atoms with Crippen molar-refractivity contribution in [2.75, 3.05) is 11.9 Å². The van der Waals surface area contributed by atoms with Crippen LogP contribution < -0.4 is 15.9 Å². The van der Waals surface area contributed by atoms with Crippen LogP contribution >= 0.6 is 0 Å². The Morgan fingerprint density at radius 2 is 2.09 bits per heavy atom. The van der Waals surface area contributed by atoms with E-state index >= 15 is 0 Å². The normalized spacial score (nSPS) is 14.5. The number of nitrogens with one attached hydrogen (secondary N) is 2. The Morgan fingerprint density at radius 1 is 1.35 bits per heavy atom. The largest absolute Gasteiger partial charge is 0.478 e. The Labute approximate surface area is 197 Å². The minimum atomic E-state index is -0.858. The molecule has 2 aromatic rings. The number of allylic oxidation sites excluding steroid dienone is 3. The van der Waals surface area contributed by atoms with E-state index in [4.69, 9.17) is 16.0 Å². The summed E-state index contributed by atoms with van der Waals surface area (Å²) in [4.78, 5) is 17.5. The molecule has 0 unspecified atom stereocenters. The average molecular weight is 463 g/mol. The second-order valence-corrected chi connectivity index (χ2v) is 7.96. The first-order chi connectivity index (χ1) is 16.2. The molecule has 1 saturated carbocycles. The molecule has 1 amide bonds. The first-order valence-corrected chi connectivity index (χ1v) is 10.7. The van der Waals surface area contributed by atoms with Gasteiger partial charge in [-0.25, -0.2) is 9.37 Å². The molecular formula is C25H27FN6O2. The first-order valence-electron chi connectivity index (χ1n) is 10.7. The summed E-state index contributed by atoms with van der Waals surface area (Å²) < 4.78 is 18.9. The number of carbonyl (C=O) groups is 1. The zero-order valence-electron chi connectivity index (χ0n) is 19.2. The number of rotatable bonds is 9. The van der Waals surface area contributed by atoms with E-state index in [1.54, 1.807) is 37.4 Å². The van der Waals surface area contributed by atoms with Crippen LogP contribution in [0.4, 0.5) is 10.1 Å². The molecule has 1 aliphatic carbocycles. The molecule has 176 valence electrons. The summed E-state index contributed by atoms with van der Waals surface area (Å²) in [7, 11) is 0. The molecule has 1 aliphatic rings. The number of nitrogens with two attached hydrogens (primary N) is 1. The summed E-state index contributed by atoms with van der Waals surface area (Å²) in [6.45, 7) is 11.3. The van der Waals surface area contributed by atoms with E-state index in [0.29, 0.717) is 53.3 Å². The van der Waals surface area contributed by atoms with E-state index in [1.807, 2.05) is 13.0 Å². The molecule has 1 heterocycles. The molecule has 0 radical (unpaired) electrons. The quantitative estimate of drug-likeness (QED) is 0.114. The number of halogens is 1. The lowest BCUT2D eigenvalue weighted by Crippen LogP contribution is -2.26. The predicted molar refractivity (Wildman–Crippen MR) is 130 cm³/mol. The van der Waals surface area contributed by atoms with Crippen LogP contribution in [-0.2, 0) is 4.79 Å². The Kier molecular flexibility index (Phi) is 7.35. The van der Waals surface area contributed by atoms with Crippen LogP contribution in [0.1, 0.15) is 32.3 Å². The third-order valence-electron chi connectivity index (χ3n) is 5.49. The number of benzene rings is 1. The number of pyridine rings is 1. The maximum Gasteiger partial charge on any atom is 0.235 e. The van der Waals surface area contributed by atoms with Crippen molar-refractivity contribution >= 4 is 17.4 Å². The molecule has 0 bridgehead atoms. The topological polar surface area (TPSA) is 126 Å². The molecule has 1 aromatic carbocycles. The molecule has 0 aliphatic heterocycles. The Morgan fingerprint density at radius 3 is 2.62 bits per heavy atom. The van der Waals surface area contributed by atoms with E-state index in [2.05, 4.69) is 33.8 Å². The van der Waals surface area contributed by atoms with Crippen molar-refractivity contribution in [1.29, 1.82) is 5.41 Å². The van der Waals surface area contributed by atoms with Crippen LogP contribution in [0.15, 0.2) is 83.1 Å². The lowest BCUT2D eigenvalue weighted by Gasteiger charge is -2.20. The third-order valence-corrected chi connectivity index (χ3v) is 5.49. The van der Waals surface area contributed by atoms with E-state index in [1.165, 1.54) is 6.08 Å². The molecule has 4 N–H and O–H groups in total. The maximum atomic E-state index is 13.5. The van der Waals surface area contributed by atoms with Crippen LogP contribution in [0.25, 0.3) is 11.1 Å². The van der Waals surface area contributed by atoms with Crippen LogP contribution in [0, 0.1) is 10.8 Å². The third kappa shape index (κ3) is 5.25. The molecule has 1 aromatic heterocycles. The monoisotopic (exact) mass is 462 g/mol. The zero-order valence-corrected chi connectivity index (χ0v) is 19.2. The highest BCUT2D eigenvalue weighted by Crippen LogP contribution is 2.55. The number of nitrogens with zero attached hydrogens (tertiary/aromatic N) is 3. The fourth-order valence-electron chi connectivity index (χ4n) is 3.78. The van der Waals surface area contributed by atoms with Gasteiger partial charge in [-0.3, -0.25) is 10.2 Å². The summed E-state index contributed by atoms with van der Waals surface area (Å²) in [6, 6.07) is 8.63. The van der Waals surface area contributed by atoms with Gasteiger partial charge in [0.25, 0.3) is 0 Å². The standard InChI is InChI=1S/C25H27FN6O2/c1-5-34-22-9-6-17(14-29-22)19-8-7-18(13-20(19)23(27)31-32-28)30-24(33)25(10-11-25)21(15(2)3)12-16(4)26/h6-9,12-14H,2,4-5,10-11H2,1,3H3,(H,30,33)(H3,27,28,31)/b21-12+. The summed E-state index contributed by atoms with van der Waals surface area (Å²) in [5.41, 5.74) is 2.50. The number of amidine groups is 1. The van der Waals surface area contributed by atoms with Gasteiger partial charge in [0.2, 0.25) is 11.8 Å². The second-order valence-electron chi connectivity index (χ2n) is 7.96. The molecule has 8 nitrogen and oxygen atoms in total. The average Bonchev–Trinajstić information content (AvgIpc) is 3.60. The summed E-state index contributed by atoms with van der Waals surface area (Å²) >= 11 is 0. The van der Waals surface area contributed by atoms with Crippen molar-refractivity contribution in [2.24, 2.45) is 21.6 Å². The van der Waals surface area contributed by atoms with Gasteiger partial charge in [-0.15, -0.1) is 5.11 Å². The van der Waals surface area contributed by atoms with Crippen LogP contribution in [0.2, 0.25) is 0 Å². The van der Waals surface area contributed by atoms with Crippen molar-refractivity contribution in [3.8, 4) is 17.0 Å². The number of ether oxygens (including phenoxy) is 1. The van der Waals surface area contributed by atoms with Gasteiger partial charge in [-0.1, -0.05) is 30.0 Å². The highest BCUT2D eigenvalue weighted by atomic mass is 19.1. The van der Waals surface area contributed by atoms with Gasteiger partial charge in [-0.05, 0) is 62.1 Å². The lowest BCUT2D eigenvalue weighted by molar-refractivity contribution is -0.119. The van der Waals surface area contributed by atoms with Gasteiger partial charge in [0, 0.05) is 29.1 Å². The Bertz CT molecular complexity index is 1200. The Balaban J connectivity index is 1.95. The molecule has 34 heavy (non-hydrogen) atoms. The number of aromatic nitrogens is 1. The van der Waals surface area contributed by atoms with Crippen molar-refractivity contribution in [1.82, 2.24) is 4.98 Å². The first kappa shape index (κ1) is 24.5. The molecule has 0 atom stereocenters. The molecule has 0 saturated heterocycles. The van der Waals surface area contributed by atoms with Crippen molar-refractivity contribution < 1.29 is 13.9 Å². The minimum absolute atomic E-state index is 0.181. The van der Waals surface area contributed by atoms with Gasteiger partial charge < -0.3 is 15.9 Å². The highest BCUT2D eigenvalue weighted by molar-refractivity contribution is 6.06. The summed E-state index contributed by atoms with van der Waals surface area (Å²) in [6.07, 6.45) is 4.04. The van der Waals surface area contributed by atoms with Gasteiger partial charge >= 0.3 is 0 Å². The van der Waals surface area contributed by atoms with Crippen molar-refractivity contribution in [3.05, 3.63) is 78.3 Å². The second kappa shape index (κ2) is 10.2.